The number of likely N-dealkylation sites (N-methyl/N-ethyl adjacent to an activating group) is 1. The lowest BCUT2D eigenvalue weighted by molar-refractivity contribution is 0.0910. The highest BCUT2D eigenvalue weighted by Crippen LogP contribution is 2.49. The van der Waals surface area contributed by atoms with Crippen molar-refractivity contribution in [2.45, 2.75) is 57.9 Å². The third kappa shape index (κ3) is 3.05. The Labute approximate surface area is 129 Å². The molecule has 2 atom stereocenters. The molecule has 2 fully saturated rings. The van der Waals surface area contributed by atoms with Crippen LogP contribution >= 0.6 is 0 Å². The maximum Gasteiger partial charge on any atom is 0.191 e. The minimum atomic E-state index is 0.267. The SMILES string of the molecule is CCN(CC)CCN1C(N)=NCC12CCCC(C1CC1)C2. The predicted octanol–water partition coefficient (Wildman–Crippen LogP) is 2.30. The van der Waals surface area contributed by atoms with Gasteiger partial charge in [0.1, 0.15) is 0 Å². The molecule has 0 aromatic heterocycles. The fourth-order valence-corrected chi connectivity index (χ4v) is 4.52. The molecule has 3 aliphatic rings. The van der Waals surface area contributed by atoms with Crippen molar-refractivity contribution in [3.63, 3.8) is 0 Å². The van der Waals surface area contributed by atoms with Crippen LogP contribution in [0, 0.1) is 11.8 Å². The second-order valence-corrected chi connectivity index (χ2v) is 7.27. The highest BCUT2D eigenvalue weighted by Gasteiger charge is 2.48. The lowest BCUT2D eigenvalue weighted by Gasteiger charge is -2.45. The van der Waals surface area contributed by atoms with E-state index in [-0.39, 0.29) is 5.54 Å². The molecule has 4 heteroatoms. The average molecular weight is 292 g/mol. The van der Waals surface area contributed by atoms with Crippen LogP contribution in [0.15, 0.2) is 4.99 Å². The summed E-state index contributed by atoms with van der Waals surface area (Å²) in [6.07, 6.45) is 8.37. The zero-order chi connectivity index (χ0) is 14.9. The predicted molar refractivity (Wildman–Crippen MR) is 88.4 cm³/mol. The molecule has 1 spiro atoms. The van der Waals surface area contributed by atoms with E-state index in [2.05, 4.69) is 28.6 Å². The molecule has 1 aliphatic heterocycles. The number of hydrogen-bond donors (Lipinski definition) is 1. The van der Waals surface area contributed by atoms with E-state index < -0.39 is 0 Å². The Morgan fingerprint density at radius 2 is 2.00 bits per heavy atom. The van der Waals surface area contributed by atoms with Crippen LogP contribution in [0.5, 0.6) is 0 Å². The van der Waals surface area contributed by atoms with Crippen LogP contribution in [-0.2, 0) is 0 Å². The molecule has 2 N–H and O–H groups in total. The van der Waals surface area contributed by atoms with Gasteiger partial charge in [-0.05, 0) is 50.6 Å². The highest BCUT2D eigenvalue weighted by atomic mass is 15.4. The quantitative estimate of drug-likeness (QED) is 0.817. The molecule has 120 valence electrons. The first-order chi connectivity index (χ1) is 10.2. The van der Waals surface area contributed by atoms with Gasteiger partial charge in [-0.15, -0.1) is 0 Å². The molecule has 2 unspecified atom stereocenters. The Kier molecular flexibility index (Phi) is 4.43. The summed E-state index contributed by atoms with van der Waals surface area (Å²) in [4.78, 5) is 9.60. The first kappa shape index (κ1) is 15.1. The Hall–Kier alpha value is -0.770. The Morgan fingerprint density at radius 1 is 1.24 bits per heavy atom. The van der Waals surface area contributed by atoms with E-state index >= 15 is 0 Å². The number of nitrogens with zero attached hydrogens (tertiary/aromatic N) is 3. The third-order valence-corrected chi connectivity index (χ3v) is 6.07. The Bertz CT molecular complexity index is 386. The second kappa shape index (κ2) is 6.15. The fourth-order valence-electron chi connectivity index (χ4n) is 4.52. The third-order valence-electron chi connectivity index (χ3n) is 6.07. The van der Waals surface area contributed by atoms with Gasteiger partial charge < -0.3 is 15.5 Å². The molecule has 0 saturated heterocycles. The lowest BCUT2D eigenvalue weighted by Crippen LogP contribution is -2.56. The maximum atomic E-state index is 6.25. The first-order valence-corrected chi connectivity index (χ1v) is 8.98. The van der Waals surface area contributed by atoms with Gasteiger partial charge in [-0.3, -0.25) is 4.99 Å². The van der Waals surface area contributed by atoms with Gasteiger partial charge in [-0.25, -0.2) is 0 Å². The summed E-state index contributed by atoms with van der Waals surface area (Å²) in [5.41, 5.74) is 6.51. The van der Waals surface area contributed by atoms with Gasteiger partial charge in [0.2, 0.25) is 0 Å². The van der Waals surface area contributed by atoms with Crippen LogP contribution in [0.4, 0.5) is 0 Å². The standard InChI is InChI=1S/C17H32N4/c1-3-20(4-2)10-11-21-16(18)19-13-17(21)9-5-6-15(12-17)14-7-8-14/h14-15H,3-13H2,1-2H3,(H2,18,19). The van der Waals surface area contributed by atoms with E-state index in [1.165, 1.54) is 38.5 Å². The molecule has 2 saturated carbocycles. The topological polar surface area (TPSA) is 44.9 Å². The van der Waals surface area contributed by atoms with Crippen LogP contribution in [0.2, 0.25) is 0 Å². The van der Waals surface area contributed by atoms with Gasteiger partial charge >= 0.3 is 0 Å². The van der Waals surface area contributed by atoms with Crippen LogP contribution in [0.3, 0.4) is 0 Å². The van der Waals surface area contributed by atoms with Gasteiger partial charge in [0.15, 0.2) is 5.96 Å². The second-order valence-electron chi connectivity index (χ2n) is 7.27. The van der Waals surface area contributed by atoms with Crippen molar-refractivity contribution in [2.24, 2.45) is 22.6 Å². The molecule has 0 bridgehead atoms. The van der Waals surface area contributed by atoms with Crippen molar-refractivity contribution in [3.05, 3.63) is 0 Å². The molecule has 3 rings (SSSR count). The van der Waals surface area contributed by atoms with E-state index in [9.17, 15) is 0 Å². The summed E-state index contributed by atoms with van der Waals surface area (Å²) >= 11 is 0. The largest absolute Gasteiger partial charge is 0.370 e. The van der Waals surface area contributed by atoms with Crippen LogP contribution in [0.25, 0.3) is 0 Å². The van der Waals surface area contributed by atoms with Crippen LogP contribution in [0.1, 0.15) is 52.4 Å². The van der Waals surface area contributed by atoms with E-state index in [1.54, 1.807) is 0 Å². The van der Waals surface area contributed by atoms with Crippen molar-refractivity contribution in [3.8, 4) is 0 Å². The number of aliphatic imine (C=N–C) groups is 1. The fraction of sp³-hybridized carbons (Fsp3) is 0.941. The van der Waals surface area contributed by atoms with Crippen molar-refractivity contribution >= 4 is 5.96 Å². The zero-order valence-electron chi connectivity index (χ0n) is 13.9. The van der Waals surface area contributed by atoms with Crippen molar-refractivity contribution < 1.29 is 0 Å². The van der Waals surface area contributed by atoms with Gasteiger partial charge in [0, 0.05) is 13.1 Å². The summed E-state index contributed by atoms with van der Waals surface area (Å²) in [5.74, 6) is 2.77. The Balaban J connectivity index is 1.65. The van der Waals surface area contributed by atoms with E-state index in [0.29, 0.717) is 0 Å². The molecular formula is C17H32N4. The number of nitrogens with two attached hydrogens (primary N) is 1. The minimum Gasteiger partial charge on any atom is -0.370 e. The molecule has 21 heavy (non-hydrogen) atoms. The van der Waals surface area contributed by atoms with E-state index in [0.717, 1.165) is 50.5 Å². The van der Waals surface area contributed by atoms with Gasteiger partial charge in [-0.1, -0.05) is 26.7 Å². The van der Waals surface area contributed by atoms with E-state index in [4.69, 9.17) is 5.73 Å². The zero-order valence-corrected chi connectivity index (χ0v) is 13.9. The molecule has 0 aromatic carbocycles. The Morgan fingerprint density at radius 3 is 2.67 bits per heavy atom. The number of rotatable bonds is 6. The summed E-state index contributed by atoms with van der Waals surface area (Å²) in [6.45, 7) is 9.83. The summed E-state index contributed by atoms with van der Waals surface area (Å²) < 4.78 is 0. The van der Waals surface area contributed by atoms with Crippen molar-refractivity contribution in [1.29, 1.82) is 0 Å². The molecule has 0 amide bonds. The van der Waals surface area contributed by atoms with Crippen LogP contribution in [-0.4, -0.2) is 54.0 Å². The van der Waals surface area contributed by atoms with Gasteiger partial charge in [0.25, 0.3) is 0 Å². The molecule has 0 aromatic rings. The molecular weight excluding hydrogens is 260 g/mol. The molecule has 0 radical (unpaired) electrons. The van der Waals surface area contributed by atoms with Gasteiger partial charge in [0.05, 0.1) is 12.1 Å². The smallest absolute Gasteiger partial charge is 0.191 e. The number of hydrogen-bond acceptors (Lipinski definition) is 4. The lowest BCUT2D eigenvalue weighted by atomic mass is 9.73. The normalized spacial score (nSPS) is 33.0. The number of guanidine groups is 1. The first-order valence-electron chi connectivity index (χ1n) is 8.98. The molecule has 1 heterocycles. The van der Waals surface area contributed by atoms with Gasteiger partial charge in [-0.2, -0.15) is 0 Å². The molecule has 2 aliphatic carbocycles. The minimum absolute atomic E-state index is 0.267. The monoisotopic (exact) mass is 292 g/mol. The summed E-state index contributed by atoms with van der Waals surface area (Å²) in [5, 5.41) is 0. The van der Waals surface area contributed by atoms with Crippen molar-refractivity contribution in [1.82, 2.24) is 9.80 Å². The molecule has 4 nitrogen and oxygen atoms in total. The van der Waals surface area contributed by atoms with Crippen molar-refractivity contribution in [2.75, 3.05) is 32.7 Å². The van der Waals surface area contributed by atoms with E-state index in [1.807, 2.05) is 0 Å². The average Bonchev–Trinajstić information content (AvgIpc) is 3.31. The summed E-state index contributed by atoms with van der Waals surface area (Å²) in [6, 6.07) is 0. The summed E-state index contributed by atoms with van der Waals surface area (Å²) in [7, 11) is 0. The van der Waals surface area contributed by atoms with Crippen LogP contribution < -0.4 is 5.73 Å². The highest BCUT2D eigenvalue weighted by molar-refractivity contribution is 5.81. The maximum absolute atomic E-state index is 6.25.